The van der Waals surface area contributed by atoms with Crippen LogP contribution in [0.1, 0.15) is 21.0 Å². The van der Waals surface area contributed by atoms with E-state index in [1.807, 2.05) is 29.2 Å². The van der Waals surface area contributed by atoms with Crippen molar-refractivity contribution >= 4 is 34.8 Å². The molecule has 0 spiro atoms. The molecule has 0 unspecified atom stereocenters. The predicted octanol–water partition coefficient (Wildman–Crippen LogP) is 3.34. The predicted molar refractivity (Wildman–Crippen MR) is 116 cm³/mol. The van der Waals surface area contributed by atoms with Crippen LogP contribution in [0.2, 0.25) is 5.02 Å². The molecule has 2 aromatic carbocycles. The second-order valence-electron chi connectivity index (χ2n) is 6.83. The lowest BCUT2D eigenvalue weighted by atomic mass is 10.1. The topological polar surface area (TPSA) is 78.4 Å². The minimum absolute atomic E-state index is 0.00543. The number of piperazine rings is 1. The molecule has 1 aliphatic rings. The van der Waals surface area contributed by atoms with Gasteiger partial charge in [-0.05, 0) is 42.5 Å². The molecule has 0 radical (unpaired) electrons. The molecule has 30 heavy (non-hydrogen) atoms. The van der Waals surface area contributed by atoms with E-state index in [9.17, 15) is 9.59 Å². The lowest BCUT2D eigenvalue weighted by molar-refractivity contribution is 0.0746. The highest BCUT2D eigenvalue weighted by Gasteiger charge is 2.24. The molecule has 0 aliphatic carbocycles. The Hall–Kier alpha value is -3.45. The van der Waals surface area contributed by atoms with Crippen LogP contribution >= 0.6 is 11.6 Å². The molecule has 4 rings (SSSR count). The Morgan fingerprint density at radius 1 is 0.867 bits per heavy atom. The van der Waals surface area contributed by atoms with Gasteiger partial charge in [0.25, 0.3) is 11.8 Å². The number of nitrogens with zero attached hydrogens (tertiary/aromatic N) is 4. The van der Waals surface area contributed by atoms with Gasteiger partial charge < -0.3 is 15.1 Å². The number of nitrogens with one attached hydrogen (secondary N) is 1. The summed E-state index contributed by atoms with van der Waals surface area (Å²) in [6.45, 7) is 2.50. The molecule has 0 saturated carbocycles. The summed E-state index contributed by atoms with van der Waals surface area (Å²) >= 11 is 5.91. The average molecular weight is 422 g/mol. The molecule has 0 bridgehead atoms. The number of halogens is 1. The number of hydrogen-bond donors (Lipinski definition) is 1. The van der Waals surface area contributed by atoms with Crippen molar-refractivity contribution in [1.82, 2.24) is 14.9 Å². The number of carbonyl (C=O) groups is 2. The van der Waals surface area contributed by atoms with E-state index < -0.39 is 0 Å². The van der Waals surface area contributed by atoms with Crippen LogP contribution < -0.4 is 10.2 Å². The molecule has 152 valence electrons. The van der Waals surface area contributed by atoms with E-state index in [1.165, 1.54) is 12.4 Å². The Kier molecular flexibility index (Phi) is 5.90. The van der Waals surface area contributed by atoms with Crippen molar-refractivity contribution in [2.45, 2.75) is 0 Å². The van der Waals surface area contributed by atoms with Gasteiger partial charge in [0.05, 0.1) is 11.4 Å². The van der Waals surface area contributed by atoms with E-state index in [-0.39, 0.29) is 17.6 Å². The fraction of sp³-hybridized carbons (Fsp3) is 0.182. The Morgan fingerprint density at radius 3 is 2.23 bits per heavy atom. The van der Waals surface area contributed by atoms with Crippen LogP contribution in [0.4, 0.5) is 11.4 Å². The van der Waals surface area contributed by atoms with Gasteiger partial charge >= 0.3 is 0 Å². The Bertz CT molecular complexity index is 1030. The van der Waals surface area contributed by atoms with Crippen LogP contribution in [0, 0.1) is 0 Å². The first-order valence-electron chi connectivity index (χ1n) is 9.59. The zero-order valence-corrected chi connectivity index (χ0v) is 16.9. The number of para-hydroxylation sites is 2. The summed E-state index contributed by atoms with van der Waals surface area (Å²) in [5, 5.41) is 3.50. The average Bonchev–Trinajstić information content (AvgIpc) is 2.80. The maximum atomic E-state index is 12.7. The van der Waals surface area contributed by atoms with Gasteiger partial charge in [0.2, 0.25) is 5.82 Å². The second-order valence-corrected chi connectivity index (χ2v) is 7.27. The molecular weight excluding hydrogens is 402 g/mol. The van der Waals surface area contributed by atoms with E-state index in [0.717, 1.165) is 5.69 Å². The van der Waals surface area contributed by atoms with Gasteiger partial charge in [-0.15, -0.1) is 0 Å². The molecule has 2 heterocycles. The van der Waals surface area contributed by atoms with Crippen molar-refractivity contribution in [1.29, 1.82) is 0 Å². The van der Waals surface area contributed by atoms with Crippen LogP contribution in [-0.4, -0.2) is 52.9 Å². The summed E-state index contributed by atoms with van der Waals surface area (Å²) in [5.74, 6) is -0.251. The van der Waals surface area contributed by atoms with Crippen molar-refractivity contribution in [3.63, 3.8) is 0 Å². The molecule has 7 nitrogen and oxygen atoms in total. The molecular formula is C22H20ClN5O2. The zero-order valence-electron chi connectivity index (χ0n) is 16.2. The van der Waals surface area contributed by atoms with Crippen molar-refractivity contribution in [3.05, 3.63) is 83.4 Å². The van der Waals surface area contributed by atoms with E-state index in [4.69, 9.17) is 11.6 Å². The SMILES string of the molecule is O=C(Nc1ccccc1N1CCN(C(=O)c2ccc(Cl)cc2)CC1)c1ncccn1. The van der Waals surface area contributed by atoms with Crippen molar-refractivity contribution < 1.29 is 9.59 Å². The molecule has 1 aromatic heterocycles. The van der Waals surface area contributed by atoms with Gasteiger partial charge in [-0.3, -0.25) is 9.59 Å². The molecule has 0 atom stereocenters. The lowest BCUT2D eigenvalue weighted by Gasteiger charge is -2.37. The third kappa shape index (κ3) is 4.41. The molecule has 8 heteroatoms. The maximum absolute atomic E-state index is 12.7. The molecule has 1 fully saturated rings. The van der Waals surface area contributed by atoms with E-state index in [2.05, 4.69) is 20.2 Å². The molecule has 3 aromatic rings. The third-order valence-electron chi connectivity index (χ3n) is 4.92. The maximum Gasteiger partial charge on any atom is 0.293 e. The smallest absolute Gasteiger partial charge is 0.293 e. The quantitative estimate of drug-likeness (QED) is 0.699. The number of hydrogen-bond acceptors (Lipinski definition) is 5. The Morgan fingerprint density at radius 2 is 1.53 bits per heavy atom. The van der Waals surface area contributed by atoms with Gasteiger partial charge in [0, 0.05) is 49.2 Å². The van der Waals surface area contributed by atoms with Gasteiger partial charge in [-0.25, -0.2) is 9.97 Å². The number of carbonyl (C=O) groups excluding carboxylic acids is 2. The third-order valence-corrected chi connectivity index (χ3v) is 5.17. The van der Waals surface area contributed by atoms with E-state index in [0.29, 0.717) is 42.5 Å². The van der Waals surface area contributed by atoms with Crippen LogP contribution in [-0.2, 0) is 0 Å². The van der Waals surface area contributed by atoms with Gasteiger partial charge in [0.1, 0.15) is 0 Å². The van der Waals surface area contributed by atoms with Gasteiger partial charge in [-0.1, -0.05) is 23.7 Å². The Balaban J connectivity index is 1.43. The summed E-state index contributed by atoms with van der Waals surface area (Å²) in [4.78, 5) is 37.1. The highest BCUT2D eigenvalue weighted by molar-refractivity contribution is 6.30. The number of benzene rings is 2. The summed E-state index contributed by atoms with van der Waals surface area (Å²) in [5.41, 5.74) is 2.22. The number of amides is 2. The van der Waals surface area contributed by atoms with Gasteiger partial charge in [0.15, 0.2) is 0 Å². The minimum atomic E-state index is -0.361. The first kappa shape index (κ1) is 19.8. The van der Waals surface area contributed by atoms with Crippen LogP contribution in [0.25, 0.3) is 0 Å². The van der Waals surface area contributed by atoms with E-state index >= 15 is 0 Å². The lowest BCUT2D eigenvalue weighted by Crippen LogP contribution is -2.49. The zero-order chi connectivity index (χ0) is 20.9. The normalized spacial score (nSPS) is 13.8. The van der Waals surface area contributed by atoms with Crippen LogP contribution in [0.5, 0.6) is 0 Å². The highest BCUT2D eigenvalue weighted by Crippen LogP contribution is 2.27. The van der Waals surface area contributed by atoms with Crippen molar-refractivity contribution in [3.8, 4) is 0 Å². The van der Waals surface area contributed by atoms with Crippen molar-refractivity contribution in [2.75, 3.05) is 36.4 Å². The summed E-state index contributed by atoms with van der Waals surface area (Å²) < 4.78 is 0. The number of rotatable bonds is 4. The first-order valence-corrected chi connectivity index (χ1v) is 9.97. The van der Waals surface area contributed by atoms with Gasteiger partial charge in [-0.2, -0.15) is 0 Å². The second kappa shape index (κ2) is 8.92. The Labute approximate surface area is 179 Å². The van der Waals surface area contributed by atoms with E-state index in [1.54, 1.807) is 30.3 Å². The standard InChI is InChI=1S/C22H20ClN5O2/c23-17-8-6-16(7-9-17)22(30)28-14-12-27(13-15-28)19-5-2-1-4-18(19)26-21(29)20-24-10-3-11-25-20/h1-11H,12-15H2,(H,26,29). The van der Waals surface area contributed by atoms with Crippen molar-refractivity contribution in [2.24, 2.45) is 0 Å². The summed E-state index contributed by atoms with van der Waals surface area (Å²) in [6.07, 6.45) is 3.06. The molecule has 1 N–H and O–H groups in total. The molecule has 1 saturated heterocycles. The number of anilines is 2. The molecule has 1 aliphatic heterocycles. The first-order chi connectivity index (χ1) is 14.6. The highest BCUT2D eigenvalue weighted by atomic mass is 35.5. The van der Waals surface area contributed by atoms with Crippen LogP contribution in [0.3, 0.4) is 0 Å². The fourth-order valence-corrected chi connectivity index (χ4v) is 3.50. The molecule has 2 amide bonds. The monoisotopic (exact) mass is 421 g/mol. The summed E-state index contributed by atoms with van der Waals surface area (Å²) in [7, 11) is 0. The minimum Gasteiger partial charge on any atom is -0.366 e. The largest absolute Gasteiger partial charge is 0.366 e. The fourth-order valence-electron chi connectivity index (χ4n) is 3.38. The summed E-state index contributed by atoms with van der Waals surface area (Å²) in [6, 6.07) is 16.2. The van der Waals surface area contributed by atoms with Crippen LogP contribution in [0.15, 0.2) is 67.0 Å². The number of aromatic nitrogens is 2.